The van der Waals surface area contributed by atoms with E-state index in [9.17, 15) is 19.8 Å². The fraction of sp³-hybridized carbons (Fsp3) is 0.500. The van der Waals surface area contributed by atoms with Gasteiger partial charge in [0.1, 0.15) is 10.8 Å². The quantitative estimate of drug-likeness (QED) is 0.522. The smallest absolute Gasteiger partial charge is 0.319 e. The maximum absolute atomic E-state index is 12.3. The van der Waals surface area contributed by atoms with Crippen LogP contribution in [0.1, 0.15) is 53.4 Å². The molecule has 0 aromatic rings. The van der Waals surface area contributed by atoms with Gasteiger partial charge < -0.3 is 10.2 Å². The van der Waals surface area contributed by atoms with Crippen molar-refractivity contribution in [3.63, 3.8) is 0 Å². The molecule has 0 saturated heterocycles. The minimum absolute atomic E-state index is 0.625. The van der Waals surface area contributed by atoms with E-state index in [0.717, 1.165) is 0 Å². The van der Waals surface area contributed by atoms with Gasteiger partial charge in [0.2, 0.25) is 0 Å². The van der Waals surface area contributed by atoms with Crippen LogP contribution in [0.3, 0.4) is 0 Å². The molecular weight excluding hydrogens is 304 g/mol. The van der Waals surface area contributed by atoms with Gasteiger partial charge in [0.05, 0.1) is 0 Å². The zero-order valence-corrected chi connectivity index (χ0v) is 15.2. The second-order valence-corrected chi connectivity index (χ2v) is 5.59. The van der Waals surface area contributed by atoms with Gasteiger partial charge in [0.25, 0.3) is 0 Å². The lowest BCUT2D eigenvalue weighted by atomic mass is 9.61. The first-order valence-corrected chi connectivity index (χ1v) is 8.55. The molecule has 4 heteroatoms. The normalized spacial score (nSPS) is 17.7. The van der Waals surface area contributed by atoms with Crippen LogP contribution in [0.5, 0.6) is 0 Å². The molecule has 134 valence electrons. The molecule has 0 fully saturated rings. The van der Waals surface area contributed by atoms with Crippen molar-refractivity contribution in [3.8, 4) is 0 Å². The molecule has 24 heavy (non-hydrogen) atoms. The highest BCUT2D eigenvalue weighted by Gasteiger charge is 2.56. The second-order valence-electron chi connectivity index (χ2n) is 5.59. The maximum Gasteiger partial charge on any atom is 0.319 e. The van der Waals surface area contributed by atoms with Crippen molar-refractivity contribution in [2.24, 2.45) is 10.8 Å². The molecular formula is C20H30O4. The lowest BCUT2D eigenvalue weighted by Crippen LogP contribution is -2.48. The summed E-state index contributed by atoms with van der Waals surface area (Å²) in [5.74, 6) is -2.36. The van der Waals surface area contributed by atoms with Gasteiger partial charge in [-0.2, -0.15) is 0 Å². The van der Waals surface area contributed by atoms with Gasteiger partial charge in [-0.3, -0.25) is 9.59 Å². The standard InChI is InChI=1S/C20H30O4/c1-5-9-13-19(17(21)22,14-10-6-2)20(18(23)24,15-11-7-3)16-12-8-4/h9-16H,5-8H2,1-4H3,(H,21,22)(H,23,24). The van der Waals surface area contributed by atoms with Crippen molar-refractivity contribution < 1.29 is 19.8 Å². The molecule has 2 N–H and O–H groups in total. The average molecular weight is 334 g/mol. The van der Waals surface area contributed by atoms with E-state index >= 15 is 0 Å². The van der Waals surface area contributed by atoms with E-state index in [0.29, 0.717) is 25.7 Å². The van der Waals surface area contributed by atoms with Crippen molar-refractivity contribution >= 4 is 11.9 Å². The fourth-order valence-electron chi connectivity index (χ4n) is 2.52. The minimum Gasteiger partial charge on any atom is -0.480 e. The number of aliphatic carboxylic acids is 2. The van der Waals surface area contributed by atoms with Crippen molar-refractivity contribution in [2.75, 3.05) is 0 Å². The van der Waals surface area contributed by atoms with Gasteiger partial charge in [-0.25, -0.2) is 0 Å². The first-order chi connectivity index (χ1) is 11.4. The molecule has 0 aliphatic heterocycles. The first kappa shape index (κ1) is 21.9. The van der Waals surface area contributed by atoms with E-state index in [1.165, 1.54) is 24.3 Å². The fourth-order valence-corrected chi connectivity index (χ4v) is 2.52. The van der Waals surface area contributed by atoms with E-state index in [-0.39, 0.29) is 0 Å². The molecule has 0 saturated carbocycles. The summed E-state index contributed by atoms with van der Waals surface area (Å²) >= 11 is 0. The van der Waals surface area contributed by atoms with Crippen LogP contribution in [0.25, 0.3) is 0 Å². The third-order valence-electron chi connectivity index (χ3n) is 3.86. The molecule has 0 aliphatic rings. The lowest BCUT2D eigenvalue weighted by Gasteiger charge is -2.38. The Labute approximate surface area is 145 Å². The molecule has 0 amide bonds. The van der Waals surface area contributed by atoms with Crippen LogP contribution < -0.4 is 0 Å². The molecule has 0 aromatic heterocycles. The van der Waals surface area contributed by atoms with Gasteiger partial charge >= 0.3 is 11.9 Å². The number of allylic oxidation sites excluding steroid dienone is 4. The number of carboxylic acids is 2. The summed E-state index contributed by atoms with van der Waals surface area (Å²) in [5, 5.41) is 20.1. The predicted octanol–water partition coefficient (Wildman–Crippen LogP) is 4.99. The third kappa shape index (κ3) is 4.70. The Morgan fingerprint density at radius 1 is 0.625 bits per heavy atom. The Bertz CT molecular complexity index is 448. The lowest BCUT2D eigenvalue weighted by molar-refractivity contribution is -0.158. The Morgan fingerprint density at radius 2 is 0.833 bits per heavy atom. The summed E-state index contributed by atoms with van der Waals surface area (Å²) in [6, 6.07) is 0. The molecule has 0 radical (unpaired) electrons. The molecule has 0 aromatic carbocycles. The van der Waals surface area contributed by atoms with Crippen LogP contribution in [0.2, 0.25) is 0 Å². The number of carboxylic acid groups (broad SMARTS) is 2. The van der Waals surface area contributed by atoms with Crippen LogP contribution in [0.4, 0.5) is 0 Å². The van der Waals surface area contributed by atoms with E-state index in [1.54, 1.807) is 24.3 Å². The van der Waals surface area contributed by atoms with Gasteiger partial charge in [0, 0.05) is 0 Å². The Balaban J connectivity index is 6.84. The topological polar surface area (TPSA) is 74.6 Å². The summed E-state index contributed by atoms with van der Waals surface area (Å²) in [5.41, 5.74) is -3.36. The summed E-state index contributed by atoms with van der Waals surface area (Å²) in [4.78, 5) is 24.6. The Kier molecular flexibility index (Phi) is 9.70. The number of carbonyl (C=O) groups is 2. The summed E-state index contributed by atoms with van der Waals surface area (Å²) < 4.78 is 0. The van der Waals surface area contributed by atoms with Crippen LogP contribution in [-0.4, -0.2) is 22.2 Å². The monoisotopic (exact) mass is 334 g/mol. The molecule has 0 aliphatic carbocycles. The van der Waals surface area contributed by atoms with Crippen molar-refractivity contribution in [1.29, 1.82) is 0 Å². The second kappa shape index (κ2) is 10.6. The highest BCUT2D eigenvalue weighted by Crippen LogP contribution is 2.46. The van der Waals surface area contributed by atoms with Crippen LogP contribution in [0, 0.1) is 10.8 Å². The highest BCUT2D eigenvalue weighted by molar-refractivity contribution is 5.93. The van der Waals surface area contributed by atoms with Gasteiger partial charge in [-0.15, -0.1) is 0 Å². The van der Waals surface area contributed by atoms with Crippen molar-refractivity contribution in [2.45, 2.75) is 53.4 Å². The zero-order chi connectivity index (χ0) is 18.6. The molecule has 0 heterocycles. The average Bonchev–Trinajstić information content (AvgIpc) is 2.55. The number of rotatable bonds is 11. The predicted molar refractivity (Wildman–Crippen MR) is 97.9 cm³/mol. The Morgan fingerprint density at radius 3 is 0.958 bits per heavy atom. The van der Waals surface area contributed by atoms with Crippen molar-refractivity contribution in [1.82, 2.24) is 0 Å². The maximum atomic E-state index is 12.3. The van der Waals surface area contributed by atoms with Crippen molar-refractivity contribution in [3.05, 3.63) is 48.6 Å². The minimum atomic E-state index is -1.68. The summed E-state index contributed by atoms with van der Waals surface area (Å²) in [6.45, 7) is 7.55. The van der Waals surface area contributed by atoms with Crippen LogP contribution >= 0.6 is 0 Å². The molecule has 0 atom stereocenters. The van der Waals surface area contributed by atoms with E-state index in [2.05, 4.69) is 0 Å². The summed E-state index contributed by atoms with van der Waals surface area (Å²) in [7, 11) is 0. The molecule has 0 rings (SSSR count). The zero-order valence-electron chi connectivity index (χ0n) is 15.2. The van der Waals surface area contributed by atoms with Gasteiger partial charge in [-0.1, -0.05) is 76.3 Å². The largest absolute Gasteiger partial charge is 0.480 e. The number of hydrogen-bond acceptors (Lipinski definition) is 2. The SMILES string of the molecule is CCC=CC(C=CCC)(C(=O)O)C(C=CCC)(C=CCC)C(=O)O. The van der Waals surface area contributed by atoms with Crippen LogP contribution in [0.15, 0.2) is 48.6 Å². The Hall–Kier alpha value is -2.10. The van der Waals surface area contributed by atoms with E-state index in [4.69, 9.17) is 0 Å². The van der Waals surface area contributed by atoms with Gasteiger partial charge in [-0.05, 0) is 25.7 Å². The third-order valence-corrected chi connectivity index (χ3v) is 3.86. The molecule has 0 bridgehead atoms. The highest BCUT2D eigenvalue weighted by atomic mass is 16.4. The number of hydrogen-bond donors (Lipinski definition) is 2. The molecule has 4 nitrogen and oxygen atoms in total. The van der Waals surface area contributed by atoms with E-state index in [1.807, 2.05) is 27.7 Å². The molecule has 0 unspecified atom stereocenters. The van der Waals surface area contributed by atoms with Gasteiger partial charge in [0.15, 0.2) is 0 Å². The van der Waals surface area contributed by atoms with E-state index < -0.39 is 22.8 Å². The van der Waals surface area contributed by atoms with Crippen LogP contribution in [-0.2, 0) is 9.59 Å². The molecule has 0 spiro atoms. The summed E-state index contributed by atoms with van der Waals surface area (Å²) in [6.07, 6.45) is 15.4. The first-order valence-electron chi connectivity index (χ1n) is 8.55.